The molecule has 1 N–H and O–H groups in total. The van der Waals surface area contributed by atoms with Gasteiger partial charge in [-0.05, 0) is 25.2 Å². The topological polar surface area (TPSA) is 40.0 Å². The molecule has 0 amide bonds. The van der Waals surface area contributed by atoms with E-state index >= 15 is 0 Å². The molecular formula is C16H28NO3+. The van der Waals surface area contributed by atoms with Gasteiger partial charge in [0.15, 0.2) is 6.54 Å². The number of rotatable bonds is 4. The maximum atomic E-state index is 11.9. The van der Waals surface area contributed by atoms with Gasteiger partial charge in [-0.15, -0.1) is 0 Å². The molecule has 1 fully saturated rings. The molecule has 0 aromatic rings. The highest BCUT2D eigenvalue weighted by molar-refractivity contribution is 5.70. The van der Waals surface area contributed by atoms with Crippen LogP contribution in [0.25, 0.3) is 0 Å². The van der Waals surface area contributed by atoms with Crippen molar-refractivity contribution in [3.8, 4) is 0 Å². The van der Waals surface area contributed by atoms with Crippen molar-refractivity contribution in [2.75, 3.05) is 39.5 Å². The van der Waals surface area contributed by atoms with Crippen LogP contribution in [0.2, 0.25) is 0 Å². The fraction of sp³-hybridized carbons (Fsp3) is 0.812. The van der Waals surface area contributed by atoms with Crippen LogP contribution in [0.3, 0.4) is 0 Å². The van der Waals surface area contributed by atoms with E-state index in [-0.39, 0.29) is 5.97 Å². The Kier molecular flexibility index (Phi) is 5.61. The minimum Gasteiger partial charge on any atom is -0.461 e. The summed E-state index contributed by atoms with van der Waals surface area (Å²) in [6.07, 6.45) is 3.45. The number of nitrogens with one attached hydrogen (secondary N) is 1. The summed E-state index contributed by atoms with van der Waals surface area (Å²) >= 11 is 0. The summed E-state index contributed by atoms with van der Waals surface area (Å²) in [4.78, 5) is 13.2. The van der Waals surface area contributed by atoms with Gasteiger partial charge in [-0.1, -0.05) is 25.5 Å². The van der Waals surface area contributed by atoms with Gasteiger partial charge in [0.2, 0.25) is 0 Å². The lowest BCUT2D eigenvalue weighted by molar-refractivity contribution is -0.900. The minimum atomic E-state index is -0.0624. The van der Waals surface area contributed by atoms with Crippen LogP contribution in [0.5, 0.6) is 0 Å². The Labute approximate surface area is 122 Å². The molecule has 114 valence electrons. The zero-order valence-electron chi connectivity index (χ0n) is 13.0. The molecule has 0 aromatic carbocycles. The largest absolute Gasteiger partial charge is 0.461 e. The fourth-order valence-corrected chi connectivity index (χ4v) is 3.42. The van der Waals surface area contributed by atoms with Gasteiger partial charge in [0.25, 0.3) is 0 Å². The Morgan fingerprint density at radius 1 is 1.40 bits per heavy atom. The van der Waals surface area contributed by atoms with E-state index in [9.17, 15) is 4.79 Å². The highest BCUT2D eigenvalue weighted by atomic mass is 16.5. The van der Waals surface area contributed by atoms with E-state index in [1.165, 1.54) is 10.5 Å². The number of quaternary nitrogens is 1. The number of hydrogen-bond donors (Lipinski definition) is 1. The summed E-state index contributed by atoms with van der Waals surface area (Å²) < 4.78 is 10.8. The zero-order chi connectivity index (χ0) is 14.5. The van der Waals surface area contributed by atoms with Crippen molar-refractivity contribution in [1.82, 2.24) is 0 Å². The molecule has 0 aromatic heterocycles. The lowest BCUT2D eigenvalue weighted by atomic mass is 9.75. The summed E-state index contributed by atoms with van der Waals surface area (Å²) in [6.45, 7) is 11.1. The van der Waals surface area contributed by atoms with Gasteiger partial charge in [-0.3, -0.25) is 0 Å². The van der Waals surface area contributed by atoms with Crippen molar-refractivity contribution in [2.45, 2.75) is 27.2 Å². The highest BCUT2D eigenvalue weighted by Crippen LogP contribution is 2.33. The van der Waals surface area contributed by atoms with E-state index < -0.39 is 0 Å². The maximum Gasteiger partial charge on any atom is 0.361 e. The molecule has 2 aliphatic rings. The Morgan fingerprint density at radius 2 is 2.10 bits per heavy atom. The zero-order valence-corrected chi connectivity index (χ0v) is 13.0. The van der Waals surface area contributed by atoms with E-state index in [1.807, 2.05) is 0 Å². The lowest BCUT2D eigenvalue weighted by Crippen LogP contribution is -3.15. The second-order valence-electron chi connectivity index (χ2n) is 6.44. The SMILES string of the molecule is CC1=C[C@H](C)[C@H](COC(=O)C[NH+]2CCOCC2)[C@@H](C)C1. The van der Waals surface area contributed by atoms with Crippen LogP contribution in [-0.4, -0.2) is 45.4 Å². The van der Waals surface area contributed by atoms with Crippen molar-refractivity contribution in [3.05, 3.63) is 11.6 Å². The number of hydrogen-bond acceptors (Lipinski definition) is 3. The minimum absolute atomic E-state index is 0.0624. The van der Waals surface area contributed by atoms with Gasteiger partial charge in [-0.2, -0.15) is 0 Å². The second-order valence-corrected chi connectivity index (χ2v) is 6.44. The molecule has 0 spiro atoms. The van der Waals surface area contributed by atoms with Gasteiger partial charge >= 0.3 is 5.97 Å². The smallest absolute Gasteiger partial charge is 0.361 e. The standard InChI is InChI=1S/C16H27NO3/c1-12-8-13(2)15(14(3)9-12)11-20-16(18)10-17-4-6-19-7-5-17/h8,13-15H,4-7,9-11H2,1-3H3/p+1/t13-,14-,15-/m0/s1. The molecule has 0 radical (unpaired) electrons. The Bertz CT molecular complexity index is 361. The summed E-state index contributed by atoms with van der Waals surface area (Å²) in [6, 6.07) is 0. The Balaban J connectivity index is 1.75. The maximum absolute atomic E-state index is 11.9. The molecule has 4 nitrogen and oxygen atoms in total. The van der Waals surface area contributed by atoms with E-state index in [2.05, 4.69) is 26.8 Å². The highest BCUT2D eigenvalue weighted by Gasteiger charge is 2.28. The van der Waals surface area contributed by atoms with E-state index in [0.717, 1.165) is 32.7 Å². The normalized spacial score (nSPS) is 31.8. The third-order valence-electron chi connectivity index (χ3n) is 4.63. The number of esters is 1. The second kappa shape index (κ2) is 7.23. The van der Waals surface area contributed by atoms with Crippen LogP contribution in [0.4, 0.5) is 0 Å². The van der Waals surface area contributed by atoms with Crippen LogP contribution < -0.4 is 4.90 Å². The first kappa shape index (κ1) is 15.5. The fourth-order valence-electron chi connectivity index (χ4n) is 3.42. The van der Waals surface area contributed by atoms with Gasteiger partial charge in [0.05, 0.1) is 19.8 Å². The molecule has 0 saturated carbocycles. The number of allylic oxidation sites excluding steroid dienone is 2. The third kappa shape index (κ3) is 4.32. The van der Waals surface area contributed by atoms with Crippen LogP contribution >= 0.6 is 0 Å². The van der Waals surface area contributed by atoms with Gasteiger partial charge in [0.1, 0.15) is 13.1 Å². The molecule has 2 rings (SSSR count). The molecule has 0 bridgehead atoms. The van der Waals surface area contributed by atoms with Crippen LogP contribution in [0, 0.1) is 17.8 Å². The van der Waals surface area contributed by atoms with E-state index in [0.29, 0.717) is 30.9 Å². The molecule has 0 unspecified atom stereocenters. The average Bonchev–Trinajstić information content (AvgIpc) is 2.38. The van der Waals surface area contributed by atoms with Crippen LogP contribution in [-0.2, 0) is 14.3 Å². The van der Waals surface area contributed by atoms with Crippen molar-refractivity contribution in [2.24, 2.45) is 17.8 Å². The number of morpholine rings is 1. The Morgan fingerprint density at radius 3 is 2.75 bits per heavy atom. The molecule has 1 heterocycles. The van der Waals surface area contributed by atoms with Crippen molar-refractivity contribution < 1.29 is 19.2 Å². The molecule has 4 heteroatoms. The predicted octanol–water partition coefficient (Wildman–Crippen LogP) is 0.683. The summed E-state index contributed by atoms with van der Waals surface area (Å²) in [5.41, 5.74) is 1.46. The first-order valence-corrected chi connectivity index (χ1v) is 7.80. The number of carbonyl (C=O) groups excluding carboxylic acids is 1. The predicted molar refractivity (Wildman–Crippen MR) is 77.5 cm³/mol. The number of ether oxygens (including phenoxy) is 2. The summed E-state index contributed by atoms with van der Waals surface area (Å²) in [7, 11) is 0. The molecule has 20 heavy (non-hydrogen) atoms. The van der Waals surface area contributed by atoms with Gasteiger partial charge < -0.3 is 14.4 Å². The Hall–Kier alpha value is -0.870. The van der Waals surface area contributed by atoms with E-state index in [4.69, 9.17) is 9.47 Å². The first-order valence-electron chi connectivity index (χ1n) is 7.80. The van der Waals surface area contributed by atoms with Gasteiger partial charge in [0, 0.05) is 5.92 Å². The monoisotopic (exact) mass is 282 g/mol. The summed E-state index contributed by atoms with van der Waals surface area (Å²) in [5.74, 6) is 1.50. The van der Waals surface area contributed by atoms with Gasteiger partial charge in [-0.25, -0.2) is 4.79 Å². The molecule has 1 saturated heterocycles. The molecular weight excluding hydrogens is 254 g/mol. The first-order chi connectivity index (χ1) is 9.56. The molecule has 3 atom stereocenters. The molecule has 1 aliphatic heterocycles. The van der Waals surface area contributed by atoms with Crippen molar-refractivity contribution in [3.63, 3.8) is 0 Å². The van der Waals surface area contributed by atoms with Crippen molar-refractivity contribution >= 4 is 5.97 Å². The van der Waals surface area contributed by atoms with E-state index in [1.54, 1.807) is 0 Å². The quantitative estimate of drug-likeness (QED) is 0.609. The summed E-state index contributed by atoms with van der Waals surface area (Å²) in [5, 5.41) is 0. The molecule has 1 aliphatic carbocycles. The average molecular weight is 282 g/mol. The van der Waals surface area contributed by atoms with Crippen LogP contribution in [0.15, 0.2) is 11.6 Å². The lowest BCUT2D eigenvalue weighted by Gasteiger charge is -2.32. The van der Waals surface area contributed by atoms with Crippen LogP contribution in [0.1, 0.15) is 27.2 Å². The number of carbonyl (C=O) groups is 1. The third-order valence-corrected chi connectivity index (χ3v) is 4.63. The van der Waals surface area contributed by atoms with Crippen molar-refractivity contribution in [1.29, 1.82) is 0 Å².